The molecule has 1 rings (SSSR count). The Kier molecular flexibility index (Phi) is 4.34. The second-order valence-corrected chi connectivity index (χ2v) is 5.23. The van der Waals surface area contributed by atoms with Gasteiger partial charge in [-0.3, -0.25) is 4.84 Å². The van der Waals surface area contributed by atoms with E-state index in [1.165, 1.54) is 0 Å². The van der Waals surface area contributed by atoms with Gasteiger partial charge in [0.05, 0.1) is 0 Å². The number of hydrogen-bond donors (Lipinski definition) is 2. The number of carboxylic acid groups (broad SMARTS) is 1. The van der Waals surface area contributed by atoms with Gasteiger partial charge in [-0.1, -0.05) is 12.8 Å². The fraction of sp³-hybridized carbons (Fsp3) is 0.818. The van der Waals surface area contributed by atoms with Gasteiger partial charge in [-0.25, -0.2) is 9.59 Å². The second kappa shape index (κ2) is 5.35. The molecule has 1 aliphatic carbocycles. The molecule has 0 bridgehead atoms. The Morgan fingerprint density at radius 2 is 2.00 bits per heavy atom. The van der Waals surface area contributed by atoms with E-state index in [1.54, 1.807) is 20.8 Å². The number of ether oxygens (including phenoxy) is 1. The first-order chi connectivity index (χ1) is 7.78. The van der Waals surface area contributed by atoms with Gasteiger partial charge in [-0.2, -0.15) is 5.48 Å². The fourth-order valence-corrected chi connectivity index (χ4v) is 1.27. The molecule has 0 saturated heterocycles. The molecule has 0 aromatic carbocycles. The van der Waals surface area contributed by atoms with Gasteiger partial charge in [0.2, 0.25) is 0 Å². The van der Waals surface area contributed by atoms with Gasteiger partial charge in [0.15, 0.2) is 6.10 Å². The van der Waals surface area contributed by atoms with E-state index < -0.39 is 23.8 Å². The smallest absolute Gasteiger partial charge is 0.431 e. The predicted molar refractivity (Wildman–Crippen MR) is 59.2 cm³/mol. The first kappa shape index (κ1) is 13.8. The first-order valence-corrected chi connectivity index (χ1v) is 5.65. The van der Waals surface area contributed by atoms with Gasteiger partial charge in [-0.15, -0.1) is 0 Å². The van der Waals surface area contributed by atoms with Crippen molar-refractivity contribution in [3.05, 3.63) is 0 Å². The van der Waals surface area contributed by atoms with Gasteiger partial charge in [0, 0.05) is 0 Å². The Morgan fingerprint density at radius 1 is 1.41 bits per heavy atom. The maximum atomic E-state index is 11.2. The van der Waals surface area contributed by atoms with Crippen LogP contribution in [0.4, 0.5) is 4.79 Å². The summed E-state index contributed by atoms with van der Waals surface area (Å²) in [6.45, 7) is 5.14. The zero-order valence-corrected chi connectivity index (χ0v) is 10.4. The Labute approximate surface area is 100 Å². The number of carbonyl (C=O) groups is 2. The van der Waals surface area contributed by atoms with Crippen molar-refractivity contribution in [2.24, 2.45) is 5.92 Å². The van der Waals surface area contributed by atoms with E-state index in [9.17, 15) is 9.59 Å². The van der Waals surface area contributed by atoms with Crippen molar-refractivity contribution in [2.75, 3.05) is 0 Å². The molecule has 0 unspecified atom stereocenters. The van der Waals surface area contributed by atoms with Crippen molar-refractivity contribution in [1.29, 1.82) is 0 Å². The zero-order valence-electron chi connectivity index (χ0n) is 10.4. The van der Waals surface area contributed by atoms with Crippen LogP contribution in [0.25, 0.3) is 0 Å². The number of carboxylic acids is 1. The lowest BCUT2D eigenvalue weighted by Crippen LogP contribution is -2.38. The van der Waals surface area contributed by atoms with Crippen molar-refractivity contribution < 1.29 is 24.3 Å². The summed E-state index contributed by atoms with van der Waals surface area (Å²) in [5.74, 6) is -0.676. The van der Waals surface area contributed by atoms with Crippen LogP contribution in [0.15, 0.2) is 0 Å². The lowest BCUT2D eigenvalue weighted by molar-refractivity contribution is -0.156. The Morgan fingerprint density at radius 3 is 2.41 bits per heavy atom. The number of rotatable bonds is 5. The number of carbonyl (C=O) groups excluding carboxylic acids is 1. The molecule has 0 radical (unpaired) electrons. The molecule has 1 amide bonds. The topological polar surface area (TPSA) is 84.9 Å². The standard InChI is InChI=1S/C11H19NO5/c1-11(2,3)16-10(15)12-17-8(9(13)14)6-7-4-5-7/h7-8H,4-6H2,1-3H3,(H,12,15)(H,13,14)/t8-/m1/s1. The summed E-state index contributed by atoms with van der Waals surface area (Å²) >= 11 is 0. The maximum absolute atomic E-state index is 11.2. The molecule has 1 saturated carbocycles. The van der Waals surface area contributed by atoms with E-state index in [4.69, 9.17) is 14.7 Å². The van der Waals surface area contributed by atoms with Gasteiger partial charge in [0.1, 0.15) is 5.60 Å². The van der Waals surface area contributed by atoms with Gasteiger partial charge >= 0.3 is 12.1 Å². The molecule has 0 heterocycles. The molecule has 0 aromatic rings. The molecule has 1 fully saturated rings. The quantitative estimate of drug-likeness (QED) is 0.720. The Bertz CT molecular complexity index is 293. The number of amides is 1. The molecule has 98 valence electrons. The molecule has 17 heavy (non-hydrogen) atoms. The first-order valence-electron chi connectivity index (χ1n) is 5.65. The van der Waals surface area contributed by atoms with E-state index in [2.05, 4.69) is 0 Å². The van der Waals surface area contributed by atoms with Crippen LogP contribution in [0.1, 0.15) is 40.0 Å². The van der Waals surface area contributed by atoms with Crippen LogP contribution in [0.5, 0.6) is 0 Å². The Balaban J connectivity index is 2.30. The minimum absolute atomic E-state index is 0.400. The van der Waals surface area contributed by atoms with E-state index in [1.807, 2.05) is 5.48 Å². The number of hydrogen-bond acceptors (Lipinski definition) is 4. The largest absolute Gasteiger partial charge is 0.479 e. The molecule has 0 spiro atoms. The van der Waals surface area contributed by atoms with Crippen LogP contribution < -0.4 is 5.48 Å². The minimum Gasteiger partial charge on any atom is -0.479 e. The molecule has 0 aromatic heterocycles. The molecule has 2 N–H and O–H groups in total. The third-order valence-electron chi connectivity index (χ3n) is 2.20. The normalized spacial score (nSPS) is 17.4. The number of aliphatic carboxylic acids is 1. The zero-order chi connectivity index (χ0) is 13.1. The third-order valence-corrected chi connectivity index (χ3v) is 2.20. The third kappa shape index (κ3) is 6.11. The highest BCUT2D eigenvalue weighted by Crippen LogP contribution is 2.34. The molecule has 6 heteroatoms. The summed E-state index contributed by atoms with van der Waals surface area (Å²) in [7, 11) is 0. The predicted octanol–water partition coefficient (Wildman–Crippen LogP) is 1.70. The molecule has 1 aliphatic rings. The number of hydroxylamine groups is 1. The summed E-state index contributed by atoms with van der Waals surface area (Å²) in [6, 6.07) is 0. The highest BCUT2D eigenvalue weighted by molar-refractivity contribution is 5.73. The molecule has 0 aliphatic heterocycles. The van der Waals surface area contributed by atoms with E-state index in [-0.39, 0.29) is 0 Å². The van der Waals surface area contributed by atoms with Crippen molar-refractivity contribution in [2.45, 2.75) is 51.7 Å². The monoisotopic (exact) mass is 245 g/mol. The van der Waals surface area contributed by atoms with E-state index in [0.29, 0.717) is 12.3 Å². The summed E-state index contributed by atoms with van der Waals surface area (Å²) in [5, 5.41) is 8.88. The van der Waals surface area contributed by atoms with Crippen LogP contribution in [0, 0.1) is 5.92 Å². The van der Waals surface area contributed by atoms with Gasteiger partial charge in [-0.05, 0) is 33.1 Å². The van der Waals surface area contributed by atoms with Gasteiger partial charge < -0.3 is 9.84 Å². The molecular formula is C11H19NO5. The maximum Gasteiger partial charge on any atom is 0.431 e. The van der Waals surface area contributed by atoms with Crippen LogP contribution in [-0.2, 0) is 14.4 Å². The van der Waals surface area contributed by atoms with Crippen LogP contribution in [0.2, 0.25) is 0 Å². The minimum atomic E-state index is -1.08. The average molecular weight is 245 g/mol. The lowest BCUT2D eigenvalue weighted by atomic mass is 10.2. The summed E-state index contributed by atoms with van der Waals surface area (Å²) in [6.07, 6.45) is 0.694. The van der Waals surface area contributed by atoms with Gasteiger partial charge in [0.25, 0.3) is 0 Å². The number of nitrogens with one attached hydrogen (secondary N) is 1. The van der Waals surface area contributed by atoms with Crippen molar-refractivity contribution in [3.63, 3.8) is 0 Å². The van der Waals surface area contributed by atoms with E-state index in [0.717, 1.165) is 12.8 Å². The summed E-state index contributed by atoms with van der Waals surface area (Å²) in [5.41, 5.74) is 1.38. The lowest BCUT2D eigenvalue weighted by Gasteiger charge is -2.20. The van der Waals surface area contributed by atoms with Crippen molar-refractivity contribution >= 4 is 12.1 Å². The van der Waals surface area contributed by atoms with Crippen LogP contribution >= 0.6 is 0 Å². The second-order valence-electron chi connectivity index (χ2n) is 5.23. The van der Waals surface area contributed by atoms with Crippen LogP contribution in [0.3, 0.4) is 0 Å². The average Bonchev–Trinajstić information content (AvgIpc) is 2.92. The highest BCUT2D eigenvalue weighted by atomic mass is 16.7. The molecule has 6 nitrogen and oxygen atoms in total. The fourth-order valence-electron chi connectivity index (χ4n) is 1.27. The van der Waals surface area contributed by atoms with Crippen molar-refractivity contribution in [1.82, 2.24) is 5.48 Å². The SMILES string of the molecule is CC(C)(C)OC(=O)NO[C@H](CC1CC1)C(=O)O. The summed E-state index contributed by atoms with van der Waals surface area (Å²) in [4.78, 5) is 26.9. The summed E-state index contributed by atoms with van der Waals surface area (Å²) < 4.78 is 4.92. The van der Waals surface area contributed by atoms with E-state index >= 15 is 0 Å². The van der Waals surface area contributed by atoms with Crippen molar-refractivity contribution in [3.8, 4) is 0 Å². The molecular weight excluding hydrogens is 226 g/mol. The van der Waals surface area contributed by atoms with Crippen LogP contribution in [-0.4, -0.2) is 28.9 Å². The Hall–Kier alpha value is -1.30. The molecule has 1 atom stereocenters. The highest BCUT2D eigenvalue weighted by Gasteiger charge is 2.31.